The van der Waals surface area contributed by atoms with Crippen molar-refractivity contribution in [1.29, 1.82) is 0 Å². The first-order valence-corrected chi connectivity index (χ1v) is 9.13. The molecule has 27 heavy (non-hydrogen) atoms. The van der Waals surface area contributed by atoms with Gasteiger partial charge in [-0.25, -0.2) is 4.39 Å². The van der Waals surface area contributed by atoms with E-state index in [0.29, 0.717) is 28.5 Å². The fourth-order valence-corrected chi connectivity index (χ4v) is 3.81. The molecule has 2 N–H and O–H groups in total. The van der Waals surface area contributed by atoms with Crippen LogP contribution in [0.25, 0.3) is 11.4 Å². The Morgan fingerprint density at radius 2 is 1.93 bits per heavy atom. The summed E-state index contributed by atoms with van der Waals surface area (Å²) in [7, 11) is 0. The van der Waals surface area contributed by atoms with E-state index in [1.54, 1.807) is 18.2 Å². The minimum Gasteiger partial charge on any atom is -0.366 e. The zero-order valence-electron chi connectivity index (χ0n) is 14.7. The van der Waals surface area contributed by atoms with E-state index in [4.69, 9.17) is 17.3 Å². The molecule has 0 unspecified atom stereocenters. The van der Waals surface area contributed by atoms with Gasteiger partial charge in [0.05, 0.1) is 10.4 Å². The lowest BCUT2D eigenvalue weighted by atomic mass is 9.95. The van der Waals surface area contributed by atoms with Gasteiger partial charge in [0.25, 0.3) is 0 Å². The molecule has 0 spiro atoms. The van der Waals surface area contributed by atoms with Gasteiger partial charge < -0.3 is 10.3 Å². The standard InChI is InChI=1S/C20H18ClFN4O/c1-2-26-18(15-8-3-12(17(23)27)11-16(15)21)24-25-19(26)20(9-10-20)13-4-6-14(22)7-5-13/h3-8,11H,2,9-10H2,1H3,(H2,23,27). The van der Waals surface area contributed by atoms with Crippen LogP contribution in [0.5, 0.6) is 0 Å². The van der Waals surface area contributed by atoms with Gasteiger partial charge in [-0.1, -0.05) is 23.7 Å². The third-order valence-corrected chi connectivity index (χ3v) is 5.45. The lowest BCUT2D eigenvalue weighted by Crippen LogP contribution is -2.17. The highest BCUT2D eigenvalue weighted by atomic mass is 35.5. The molecule has 1 aliphatic carbocycles. The van der Waals surface area contributed by atoms with Crippen molar-refractivity contribution in [2.24, 2.45) is 5.73 Å². The van der Waals surface area contributed by atoms with Crippen molar-refractivity contribution in [2.45, 2.75) is 31.7 Å². The van der Waals surface area contributed by atoms with E-state index in [9.17, 15) is 9.18 Å². The van der Waals surface area contributed by atoms with Crippen LogP contribution in [0.3, 0.4) is 0 Å². The molecule has 3 aromatic rings. The number of amides is 1. The van der Waals surface area contributed by atoms with Crippen molar-refractivity contribution in [3.05, 3.63) is 70.3 Å². The molecule has 0 radical (unpaired) electrons. The van der Waals surface area contributed by atoms with Crippen molar-refractivity contribution in [3.63, 3.8) is 0 Å². The van der Waals surface area contributed by atoms with E-state index in [-0.39, 0.29) is 11.2 Å². The summed E-state index contributed by atoms with van der Waals surface area (Å²) in [4.78, 5) is 11.4. The highest BCUT2D eigenvalue weighted by Gasteiger charge is 2.50. The predicted molar refractivity (Wildman–Crippen MR) is 101 cm³/mol. The number of halogens is 2. The monoisotopic (exact) mass is 384 g/mol. The van der Waals surface area contributed by atoms with Crippen molar-refractivity contribution in [2.75, 3.05) is 0 Å². The molecule has 4 rings (SSSR count). The lowest BCUT2D eigenvalue weighted by Gasteiger charge is -2.17. The maximum Gasteiger partial charge on any atom is 0.248 e. The van der Waals surface area contributed by atoms with Gasteiger partial charge in [0, 0.05) is 17.7 Å². The second kappa shape index (κ2) is 6.46. The Kier molecular flexibility index (Phi) is 4.23. The van der Waals surface area contributed by atoms with Crippen LogP contribution in [0.15, 0.2) is 42.5 Å². The smallest absolute Gasteiger partial charge is 0.248 e. The van der Waals surface area contributed by atoms with Crippen LogP contribution in [-0.2, 0) is 12.0 Å². The van der Waals surface area contributed by atoms with E-state index in [0.717, 1.165) is 24.2 Å². The van der Waals surface area contributed by atoms with Crippen molar-refractivity contribution < 1.29 is 9.18 Å². The van der Waals surface area contributed by atoms with Crippen LogP contribution in [0.1, 0.15) is 41.5 Å². The number of hydrogen-bond donors (Lipinski definition) is 1. The molecule has 0 bridgehead atoms. The van der Waals surface area contributed by atoms with E-state index < -0.39 is 5.91 Å². The molecule has 138 valence electrons. The van der Waals surface area contributed by atoms with E-state index >= 15 is 0 Å². The first-order chi connectivity index (χ1) is 13.0. The van der Waals surface area contributed by atoms with Gasteiger partial charge in [-0.05, 0) is 55.7 Å². The summed E-state index contributed by atoms with van der Waals surface area (Å²) in [5.41, 5.74) is 7.14. The molecule has 7 heteroatoms. The number of carbonyl (C=O) groups excluding carboxylic acids is 1. The molecule has 0 aliphatic heterocycles. The maximum atomic E-state index is 13.3. The largest absolute Gasteiger partial charge is 0.366 e. The summed E-state index contributed by atoms with van der Waals surface area (Å²) in [5, 5.41) is 9.24. The zero-order chi connectivity index (χ0) is 19.2. The van der Waals surface area contributed by atoms with E-state index in [2.05, 4.69) is 10.2 Å². The Hall–Kier alpha value is -2.73. The molecule has 0 atom stereocenters. The molecular weight excluding hydrogens is 367 g/mol. The number of rotatable bonds is 5. The fraction of sp³-hybridized carbons (Fsp3) is 0.250. The molecular formula is C20H18ClFN4O. The van der Waals surface area contributed by atoms with Gasteiger partial charge in [-0.3, -0.25) is 4.79 Å². The van der Waals surface area contributed by atoms with Crippen molar-refractivity contribution in [1.82, 2.24) is 14.8 Å². The summed E-state index contributed by atoms with van der Waals surface area (Å²) in [6.07, 6.45) is 1.87. The summed E-state index contributed by atoms with van der Waals surface area (Å²) in [6, 6.07) is 11.5. The van der Waals surface area contributed by atoms with Gasteiger partial charge in [-0.2, -0.15) is 0 Å². The van der Waals surface area contributed by atoms with Crippen LogP contribution in [-0.4, -0.2) is 20.7 Å². The van der Waals surface area contributed by atoms with Crippen molar-refractivity contribution in [3.8, 4) is 11.4 Å². The van der Waals surface area contributed by atoms with Crippen LogP contribution in [0.2, 0.25) is 5.02 Å². The molecule has 1 aliphatic rings. The van der Waals surface area contributed by atoms with Gasteiger partial charge in [0.15, 0.2) is 5.82 Å². The average Bonchev–Trinajstić information content (AvgIpc) is 3.34. The number of primary amides is 1. The first kappa shape index (κ1) is 17.7. The summed E-state index contributed by atoms with van der Waals surface area (Å²) in [5.74, 6) is 0.700. The average molecular weight is 385 g/mol. The Bertz CT molecular complexity index is 1020. The molecule has 1 amide bonds. The van der Waals surface area contributed by atoms with Gasteiger partial charge >= 0.3 is 0 Å². The Labute approximate surface area is 161 Å². The summed E-state index contributed by atoms with van der Waals surface area (Å²) in [6.45, 7) is 2.68. The first-order valence-electron chi connectivity index (χ1n) is 8.76. The molecule has 0 saturated heterocycles. The molecule has 1 aromatic heterocycles. The van der Waals surface area contributed by atoms with Crippen LogP contribution in [0.4, 0.5) is 4.39 Å². The third kappa shape index (κ3) is 2.90. The minimum absolute atomic E-state index is 0.241. The van der Waals surface area contributed by atoms with Gasteiger partial charge in [0.2, 0.25) is 5.91 Å². The van der Waals surface area contributed by atoms with Gasteiger partial charge in [-0.15, -0.1) is 10.2 Å². The third-order valence-electron chi connectivity index (χ3n) is 5.14. The molecule has 1 fully saturated rings. The highest BCUT2D eigenvalue weighted by Crippen LogP contribution is 2.53. The number of carbonyl (C=O) groups is 1. The topological polar surface area (TPSA) is 73.8 Å². The Balaban J connectivity index is 1.80. The van der Waals surface area contributed by atoms with Gasteiger partial charge in [0.1, 0.15) is 11.6 Å². The normalized spacial score (nSPS) is 14.9. The second-order valence-corrected chi connectivity index (χ2v) is 7.15. The molecule has 5 nitrogen and oxygen atoms in total. The number of nitrogens with zero attached hydrogens (tertiary/aromatic N) is 3. The molecule has 1 saturated carbocycles. The predicted octanol–water partition coefficient (Wildman–Crippen LogP) is 3.94. The lowest BCUT2D eigenvalue weighted by molar-refractivity contribution is 0.100. The zero-order valence-corrected chi connectivity index (χ0v) is 15.5. The Morgan fingerprint density at radius 1 is 1.22 bits per heavy atom. The maximum absolute atomic E-state index is 13.3. The summed E-state index contributed by atoms with van der Waals surface area (Å²) < 4.78 is 15.4. The summed E-state index contributed by atoms with van der Waals surface area (Å²) >= 11 is 6.38. The van der Waals surface area contributed by atoms with Crippen LogP contribution in [0, 0.1) is 5.82 Å². The fourth-order valence-electron chi connectivity index (χ4n) is 3.54. The van der Waals surface area contributed by atoms with E-state index in [1.807, 2.05) is 23.6 Å². The molecule has 1 heterocycles. The number of hydrogen-bond acceptors (Lipinski definition) is 3. The second-order valence-electron chi connectivity index (χ2n) is 6.74. The van der Waals surface area contributed by atoms with Crippen LogP contribution < -0.4 is 5.73 Å². The number of benzene rings is 2. The Morgan fingerprint density at radius 3 is 2.48 bits per heavy atom. The quantitative estimate of drug-likeness (QED) is 0.724. The van der Waals surface area contributed by atoms with E-state index in [1.165, 1.54) is 12.1 Å². The van der Waals surface area contributed by atoms with Crippen LogP contribution >= 0.6 is 11.6 Å². The van der Waals surface area contributed by atoms with Crippen molar-refractivity contribution >= 4 is 17.5 Å². The number of nitrogens with two attached hydrogens (primary N) is 1. The number of aromatic nitrogens is 3. The molecule has 2 aromatic carbocycles. The highest BCUT2D eigenvalue weighted by molar-refractivity contribution is 6.33. The minimum atomic E-state index is -0.533. The SMILES string of the molecule is CCn1c(-c2ccc(C(N)=O)cc2Cl)nnc1C1(c2ccc(F)cc2)CC1.